The van der Waals surface area contributed by atoms with Crippen LogP contribution in [0.2, 0.25) is 0 Å². The average Bonchev–Trinajstić information content (AvgIpc) is 2.22. The first-order valence-corrected chi connectivity index (χ1v) is 4.16. The van der Waals surface area contributed by atoms with E-state index in [-0.39, 0.29) is 12.4 Å². The molecule has 68 valence electrons. The van der Waals surface area contributed by atoms with Crippen LogP contribution in [0, 0.1) is 11.8 Å². The molecule has 1 N–H and O–H groups in total. The lowest BCUT2D eigenvalue weighted by Crippen LogP contribution is -2.33. The number of hydrogen-bond acceptors (Lipinski definition) is 2. The highest BCUT2D eigenvalue weighted by Crippen LogP contribution is 2.40. The van der Waals surface area contributed by atoms with Crippen LogP contribution in [0.3, 0.4) is 0 Å². The maximum absolute atomic E-state index is 8.13. The SMILES string of the molecule is Cl.[N-]=[N+]=NCC1NCC2CCC21. The lowest BCUT2D eigenvalue weighted by Gasteiger charge is -2.32. The Bertz CT molecular complexity index is 202. The van der Waals surface area contributed by atoms with E-state index < -0.39 is 0 Å². The van der Waals surface area contributed by atoms with E-state index in [0.717, 1.165) is 18.4 Å². The van der Waals surface area contributed by atoms with Gasteiger partial charge in [0.15, 0.2) is 0 Å². The summed E-state index contributed by atoms with van der Waals surface area (Å²) in [7, 11) is 0. The Morgan fingerprint density at radius 1 is 1.50 bits per heavy atom. The third-order valence-corrected chi connectivity index (χ3v) is 2.98. The van der Waals surface area contributed by atoms with Gasteiger partial charge in [-0.15, -0.1) is 12.4 Å². The Balaban J connectivity index is 0.000000720. The summed E-state index contributed by atoms with van der Waals surface area (Å²) < 4.78 is 0. The molecule has 1 saturated carbocycles. The van der Waals surface area contributed by atoms with Gasteiger partial charge in [0.25, 0.3) is 0 Å². The maximum Gasteiger partial charge on any atom is 0.0414 e. The van der Waals surface area contributed by atoms with E-state index in [1.165, 1.54) is 12.8 Å². The molecule has 12 heavy (non-hydrogen) atoms. The van der Waals surface area contributed by atoms with E-state index in [9.17, 15) is 0 Å². The van der Waals surface area contributed by atoms with Crippen molar-refractivity contribution in [3.63, 3.8) is 0 Å². The molecule has 0 amide bonds. The first kappa shape index (κ1) is 9.65. The fourth-order valence-corrected chi connectivity index (χ4v) is 2.16. The van der Waals surface area contributed by atoms with Gasteiger partial charge in [-0.3, -0.25) is 0 Å². The molecular weight excluding hydrogens is 176 g/mol. The van der Waals surface area contributed by atoms with Gasteiger partial charge in [0.2, 0.25) is 0 Å². The predicted octanol–water partition coefficient (Wildman–Crippen LogP) is 1.72. The highest BCUT2D eigenvalue weighted by molar-refractivity contribution is 5.85. The van der Waals surface area contributed by atoms with Crippen LogP contribution in [0.1, 0.15) is 12.8 Å². The summed E-state index contributed by atoms with van der Waals surface area (Å²) in [5.74, 6) is 1.69. The van der Waals surface area contributed by atoms with Crippen LogP contribution < -0.4 is 5.32 Å². The van der Waals surface area contributed by atoms with Gasteiger partial charge < -0.3 is 5.32 Å². The second-order valence-electron chi connectivity index (χ2n) is 3.43. The summed E-state index contributed by atoms with van der Waals surface area (Å²) in [6.07, 6.45) is 2.69. The normalized spacial score (nSPS) is 37.2. The Morgan fingerprint density at radius 2 is 2.33 bits per heavy atom. The molecular formula is C7H13ClN4. The zero-order valence-electron chi connectivity index (χ0n) is 6.81. The number of halogens is 1. The lowest BCUT2D eigenvalue weighted by molar-refractivity contribution is 0.211. The summed E-state index contributed by atoms with van der Waals surface area (Å²) in [4.78, 5) is 2.77. The zero-order valence-corrected chi connectivity index (χ0v) is 7.63. The topological polar surface area (TPSA) is 60.8 Å². The summed E-state index contributed by atoms with van der Waals surface area (Å²) in [6.45, 7) is 1.77. The van der Waals surface area contributed by atoms with Crippen molar-refractivity contribution in [3.8, 4) is 0 Å². The van der Waals surface area contributed by atoms with E-state index in [0.29, 0.717) is 12.6 Å². The molecule has 1 heterocycles. The van der Waals surface area contributed by atoms with Gasteiger partial charge >= 0.3 is 0 Å². The van der Waals surface area contributed by atoms with E-state index in [1.54, 1.807) is 0 Å². The number of hydrogen-bond donors (Lipinski definition) is 1. The molecule has 0 aromatic rings. The van der Waals surface area contributed by atoms with Crippen LogP contribution in [-0.4, -0.2) is 19.1 Å². The molecule has 1 aliphatic heterocycles. The predicted molar refractivity (Wildman–Crippen MR) is 49.3 cm³/mol. The number of fused-ring (bicyclic) bond motifs is 1. The van der Waals surface area contributed by atoms with E-state index in [2.05, 4.69) is 15.3 Å². The molecule has 2 fully saturated rings. The van der Waals surface area contributed by atoms with E-state index in [4.69, 9.17) is 5.53 Å². The molecule has 0 spiro atoms. The van der Waals surface area contributed by atoms with Gasteiger partial charge in [-0.05, 0) is 36.8 Å². The molecule has 1 aliphatic carbocycles. The number of azide groups is 1. The van der Waals surface area contributed by atoms with Gasteiger partial charge in [-0.25, -0.2) is 0 Å². The van der Waals surface area contributed by atoms with Crippen LogP contribution in [0.5, 0.6) is 0 Å². The van der Waals surface area contributed by atoms with Gasteiger partial charge in [0, 0.05) is 17.5 Å². The van der Waals surface area contributed by atoms with Crippen molar-refractivity contribution < 1.29 is 0 Å². The van der Waals surface area contributed by atoms with Gasteiger partial charge in [-0.1, -0.05) is 5.11 Å². The monoisotopic (exact) mass is 188 g/mol. The molecule has 3 atom stereocenters. The van der Waals surface area contributed by atoms with Crippen molar-refractivity contribution in [1.29, 1.82) is 0 Å². The Hall–Kier alpha value is -0.440. The van der Waals surface area contributed by atoms with Crippen LogP contribution >= 0.6 is 12.4 Å². The molecule has 2 aliphatic rings. The zero-order chi connectivity index (χ0) is 7.68. The fraction of sp³-hybridized carbons (Fsp3) is 1.00. The van der Waals surface area contributed by atoms with Crippen molar-refractivity contribution in [2.45, 2.75) is 18.9 Å². The Kier molecular flexibility index (Phi) is 3.20. The average molecular weight is 189 g/mol. The number of nitrogens with one attached hydrogen (secondary N) is 1. The maximum atomic E-state index is 8.13. The minimum atomic E-state index is 0. The lowest BCUT2D eigenvalue weighted by atomic mass is 9.73. The Morgan fingerprint density at radius 3 is 2.83 bits per heavy atom. The molecule has 0 aromatic heterocycles. The van der Waals surface area contributed by atoms with Crippen molar-refractivity contribution >= 4 is 12.4 Å². The first-order valence-electron chi connectivity index (χ1n) is 4.16. The van der Waals surface area contributed by atoms with Crippen molar-refractivity contribution in [3.05, 3.63) is 10.4 Å². The molecule has 0 aromatic carbocycles. The third-order valence-electron chi connectivity index (χ3n) is 2.98. The van der Waals surface area contributed by atoms with Crippen LogP contribution in [-0.2, 0) is 0 Å². The van der Waals surface area contributed by atoms with Crippen LogP contribution in [0.4, 0.5) is 0 Å². The van der Waals surface area contributed by atoms with E-state index >= 15 is 0 Å². The molecule has 0 bridgehead atoms. The van der Waals surface area contributed by atoms with Gasteiger partial charge in [0.05, 0.1) is 0 Å². The quantitative estimate of drug-likeness (QED) is 0.400. The molecule has 1 saturated heterocycles. The molecule has 5 heteroatoms. The van der Waals surface area contributed by atoms with Crippen molar-refractivity contribution in [1.82, 2.24) is 5.32 Å². The smallest absolute Gasteiger partial charge is 0.0414 e. The standard InChI is InChI=1S/C7H12N4.ClH/c8-11-10-4-7-6-2-1-5(6)3-9-7;/h5-7,9H,1-4H2;1H. The van der Waals surface area contributed by atoms with Crippen molar-refractivity contribution in [2.24, 2.45) is 17.0 Å². The summed E-state index contributed by atoms with van der Waals surface area (Å²) in [6, 6.07) is 0.477. The largest absolute Gasteiger partial charge is 0.313 e. The van der Waals surface area contributed by atoms with Gasteiger partial charge in [-0.2, -0.15) is 0 Å². The first-order chi connectivity index (χ1) is 5.42. The minimum Gasteiger partial charge on any atom is -0.313 e. The van der Waals surface area contributed by atoms with Crippen molar-refractivity contribution in [2.75, 3.05) is 13.1 Å². The van der Waals surface area contributed by atoms with E-state index in [1.807, 2.05) is 0 Å². The second-order valence-corrected chi connectivity index (χ2v) is 3.43. The summed E-state index contributed by atoms with van der Waals surface area (Å²) in [5.41, 5.74) is 8.13. The highest BCUT2D eigenvalue weighted by Gasteiger charge is 2.41. The minimum absolute atomic E-state index is 0. The van der Waals surface area contributed by atoms with Crippen LogP contribution in [0.25, 0.3) is 10.4 Å². The van der Waals surface area contributed by atoms with Crippen LogP contribution in [0.15, 0.2) is 5.11 Å². The Labute approximate surface area is 77.8 Å². The molecule has 2 rings (SSSR count). The third kappa shape index (κ3) is 1.51. The summed E-state index contributed by atoms with van der Waals surface area (Å²) in [5, 5.41) is 6.98. The van der Waals surface area contributed by atoms with Gasteiger partial charge in [0.1, 0.15) is 0 Å². The molecule has 3 unspecified atom stereocenters. The molecule has 0 radical (unpaired) electrons. The second kappa shape index (κ2) is 3.99. The number of rotatable bonds is 2. The number of nitrogens with zero attached hydrogens (tertiary/aromatic N) is 3. The fourth-order valence-electron chi connectivity index (χ4n) is 2.16. The molecule has 4 nitrogen and oxygen atoms in total. The highest BCUT2D eigenvalue weighted by atomic mass is 35.5. The summed E-state index contributed by atoms with van der Waals surface area (Å²) >= 11 is 0.